The van der Waals surface area contributed by atoms with Crippen molar-refractivity contribution in [3.05, 3.63) is 41.5 Å². The first-order chi connectivity index (χ1) is 12.0. The van der Waals surface area contributed by atoms with Crippen molar-refractivity contribution < 1.29 is 14.0 Å². The Hall–Kier alpha value is -2.14. The number of carbonyl (C=O) groups is 2. The zero-order chi connectivity index (χ0) is 19.7. The number of rotatable bonds is 5. The van der Waals surface area contributed by atoms with Crippen molar-refractivity contribution in [3.63, 3.8) is 0 Å². The first-order valence-corrected chi connectivity index (χ1v) is 11.9. The van der Waals surface area contributed by atoms with Crippen molar-refractivity contribution in [2.45, 2.75) is 58.8 Å². The number of amides is 1. The second-order valence-electron chi connectivity index (χ2n) is 8.49. The molecule has 26 heavy (non-hydrogen) atoms. The van der Waals surface area contributed by atoms with Gasteiger partial charge in [-0.2, -0.15) is 0 Å². The van der Waals surface area contributed by atoms with Gasteiger partial charge in [0.05, 0.1) is 5.56 Å². The lowest BCUT2D eigenvalue weighted by molar-refractivity contribution is 0.0939. The molecule has 2 aromatic rings. The quantitative estimate of drug-likeness (QED) is 0.582. The summed E-state index contributed by atoms with van der Waals surface area (Å²) in [4.78, 5) is 24.5. The van der Waals surface area contributed by atoms with Crippen molar-refractivity contribution in [2.24, 2.45) is 0 Å². The minimum absolute atomic E-state index is 0.0225. The summed E-state index contributed by atoms with van der Waals surface area (Å²) in [6, 6.07) is 9.30. The molecule has 2 aromatic carbocycles. The number of nitrogens with one attached hydrogen (secondary N) is 1. The molecule has 2 rings (SSSR count). The predicted octanol–water partition coefficient (Wildman–Crippen LogP) is 5.17. The van der Waals surface area contributed by atoms with Crippen LogP contribution in [-0.2, 0) is 0 Å². The first-order valence-electron chi connectivity index (χ1n) is 8.98. The molecular weight excluding hydrogens is 342 g/mol. The van der Waals surface area contributed by atoms with E-state index in [1.54, 1.807) is 6.07 Å². The Morgan fingerprint density at radius 3 is 2.35 bits per heavy atom. The van der Waals surface area contributed by atoms with Crippen LogP contribution in [0.1, 0.15) is 55.3 Å². The van der Waals surface area contributed by atoms with E-state index in [0.29, 0.717) is 22.3 Å². The summed E-state index contributed by atoms with van der Waals surface area (Å²) in [5, 5.41) is 4.53. The van der Waals surface area contributed by atoms with Gasteiger partial charge in [-0.3, -0.25) is 9.59 Å². The summed E-state index contributed by atoms with van der Waals surface area (Å²) in [5.74, 6) is 0.422. The lowest BCUT2D eigenvalue weighted by atomic mass is 9.98. The van der Waals surface area contributed by atoms with E-state index in [1.165, 1.54) is 0 Å². The van der Waals surface area contributed by atoms with Gasteiger partial charge in [-0.05, 0) is 43.4 Å². The van der Waals surface area contributed by atoms with Crippen LogP contribution in [0.15, 0.2) is 30.3 Å². The third kappa shape index (κ3) is 3.98. The fourth-order valence-electron chi connectivity index (χ4n) is 2.55. The van der Waals surface area contributed by atoms with E-state index in [4.69, 9.17) is 4.43 Å². The molecule has 0 aromatic heterocycles. The van der Waals surface area contributed by atoms with Crippen LogP contribution < -0.4 is 9.74 Å². The maximum absolute atomic E-state index is 12.8. The maximum Gasteiger partial charge on any atom is 0.252 e. The number of hydrogen-bond acceptors (Lipinski definition) is 3. The molecule has 1 N–H and O–H groups in total. The summed E-state index contributed by atoms with van der Waals surface area (Å²) < 4.78 is 6.52. The van der Waals surface area contributed by atoms with E-state index in [-0.39, 0.29) is 17.0 Å². The smallest absolute Gasteiger partial charge is 0.252 e. The summed E-state index contributed by atoms with van der Waals surface area (Å²) >= 11 is 0. The van der Waals surface area contributed by atoms with Crippen LogP contribution in [-0.4, -0.2) is 26.6 Å². The summed E-state index contributed by atoms with van der Waals surface area (Å²) in [7, 11) is -2.10. The molecule has 5 heteroatoms. The Morgan fingerprint density at radius 1 is 1.15 bits per heavy atom. The Balaban J connectivity index is 2.73. The molecule has 0 atom stereocenters. The molecule has 0 saturated carbocycles. The van der Waals surface area contributed by atoms with Gasteiger partial charge >= 0.3 is 0 Å². The molecule has 0 aliphatic rings. The highest BCUT2D eigenvalue weighted by Crippen LogP contribution is 2.40. The zero-order valence-corrected chi connectivity index (χ0v) is 17.8. The summed E-state index contributed by atoms with van der Waals surface area (Å²) in [5.41, 5.74) is 0.766. The number of hydrogen-bond donors (Lipinski definition) is 1. The van der Waals surface area contributed by atoms with Crippen LogP contribution in [0.25, 0.3) is 10.8 Å². The Kier molecular flexibility index (Phi) is 5.61. The highest BCUT2D eigenvalue weighted by atomic mass is 28.4. The molecule has 1 amide bonds. The number of fused-ring (bicyclic) bond motifs is 1. The van der Waals surface area contributed by atoms with Gasteiger partial charge in [-0.15, -0.1) is 0 Å². The average molecular weight is 372 g/mol. The Labute approximate surface area is 157 Å². The molecular formula is C21H29NO3Si. The fraction of sp³-hybridized carbons (Fsp3) is 0.429. The molecule has 0 unspecified atom stereocenters. The van der Waals surface area contributed by atoms with Gasteiger partial charge in [0.25, 0.3) is 14.2 Å². The largest absolute Gasteiger partial charge is 0.543 e. The lowest BCUT2D eigenvalue weighted by Gasteiger charge is -2.37. The van der Waals surface area contributed by atoms with E-state index in [9.17, 15) is 9.59 Å². The second-order valence-corrected chi connectivity index (χ2v) is 13.2. The Bertz CT molecular complexity index is 835. The molecule has 0 heterocycles. The van der Waals surface area contributed by atoms with Crippen LogP contribution in [0.4, 0.5) is 0 Å². The highest BCUT2D eigenvalue weighted by Gasteiger charge is 2.39. The average Bonchev–Trinajstić information content (AvgIpc) is 2.51. The van der Waals surface area contributed by atoms with Crippen LogP contribution in [0.3, 0.4) is 0 Å². The first kappa shape index (κ1) is 20.2. The van der Waals surface area contributed by atoms with Gasteiger partial charge in [0.1, 0.15) is 5.75 Å². The molecule has 4 nitrogen and oxygen atoms in total. The third-order valence-electron chi connectivity index (χ3n) is 4.98. The molecule has 140 valence electrons. The summed E-state index contributed by atoms with van der Waals surface area (Å²) in [6.07, 6.45) is 0.734. The van der Waals surface area contributed by atoms with E-state index in [2.05, 4.69) is 39.2 Å². The minimum Gasteiger partial charge on any atom is -0.543 e. The maximum atomic E-state index is 12.8. The van der Waals surface area contributed by atoms with Crippen molar-refractivity contribution in [1.82, 2.24) is 5.32 Å². The second kappa shape index (κ2) is 7.23. The topological polar surface area (TPSA) is 55.4 Å². The van der Waals surface area contributed by atoms with Crippen molar-refractivity contribution in [3.8, 4) is 5.75 Å². The predicted molar refractivity (Wildman–Crippen MR) is 110 cm³/mol. The summed E-state index contributed by atoms with van der Waals surface area (Å²) in [6.45, 7) is 14.7. The molecule has 0 spiro atoms. The molecule has 0 bridgehead atoms. The van der Waals surface area contributed by atoms with Crippen molar-refractivity contribution in [1.29, 1.82) is 0 Å². The highest BCUT2D eigenvalue weighted by molar-refractivity contribution is 6.74. The third-order valence-corrected chi connectivity index (χ3v) is 9.33. The van der Waals surface area contributed by atoms with Crippen LogP contribution in [0, 0.1) is 0 Å². The number of aldehydes is 1. The van der Waals surface area contributed by atoms with Gasteiger partial charge < -0.3 is 9.74 Å². The van der Waals surface area contributed by atoms with Gasteiger partial charge in [0, 0.05) is 17.0 Å². The standard InChI is InChI=1S/C21H29NO3Si/c1-14(2)22-20(24)19-16(13-23)12-11-15-9-8-10-17(18(15)19)25-26(6,7)21(3,4)5/h8-14H,1-7H3,(H,22,24). The van der Waals surface area contributed by atoms with Gasteiger partial charge in [0.2, 0.25) is 0 Å². The van der Waals surface area contributed by atoms with E-state index < -0.39 is 8.32 Å². The number of carbonyl (C=O) groups excluding carboxylic acids is 2. The molecule has 0 aliphatic heterocycles. The van der Waals surface area contributed by atoms with Crippen molar-refractivity contribution >= 4 is 31.3 Å². The Morgan fingerprint density at radius 2 is 1.81 bits per heavy atom. The van der Waals surface area contributed by atoms with Gasteiger partial charge in [0.15, 0.2) is 6.29 Å². The van der Waals surface area contributed by atoms with Gasteiger partial charge in [-0.1, -0.05) is 45.0 Å². The van der Waals surface area contributed by atoms with E-state index >= 15 is 0 Å². The van der Waals surface area contributed by atoms with Crippen LogP contribution in [0.5, 0.6) is 5.75 Å². The SMILES string of the molecule is CC(C)NC(=O)c1c(C=O)ccc2cccc(O[Si](C)(C)C(C)(C)C)c12. The number of benzene rings is 2. The van der Waals surface area contributed by atoms with Crippen LogP contribution >= 0.6 is 0 Å². The monoisotopic (exact) mass is 371 g/mol. The van der Waals surface area contributed by atoms with Crippen molar-refractivity contribution in [2.75, 3.05) is 0 Å². The normalized spacial score (nSPS) is 12.3. The van der Waals surface area contributed by atoms with E-state index in [0.717, 1.165) is 11.7 Å². The fourth-order valence-corrected chi connectivity index (χ4v) is 3.58. The molecule has 0 saturated heterocycles. The molecule has 0 fully saturated rings. The lowest BCUT2D eigenvalue weighted by Crippen LogP contribution is -2.44. The molecule has 0 aliphatic carbocycles. The van der Waals surface area contributed by atoms with E-state index in [1.807, 2.05) is 38.1 Å². The van der Waals surface area contributed by atoms with Crippen LogP contribution in [0.2, 0.25) is 18.1 Å². The minimum atomic E-state index is -2.10. The zero-order valence-electron chi connectivity index (χ0n) is 16.8. The van der Waals surface area contributed by atoms with Gasteiger partial charge in [-0.25, -0.2) is 0 Å². The molecule has 0 radical (unpaired) electrons.